The summed E-state index contributed by atoms with van der Waals surface area (Å²) in [6.45, 7) is 7.28. The second-order valence-corrected chi connectivity index (χ2v) is 7.20. The van der Waals surface area contributed by atoms with Crippen LogP contribution in [0, 0.1) is 11.8 Å². The average molecular weight is 294 g/mol. The molecule has 0 aromatic carbocycles. The highest BCUT2D eigenvalue weighted by atomic mass is 16.5. The lowest BCUT2D eigenvalue weighted by Gasteiger charge is -2.35. The van der Waals surface area contributed by atoms with Crippen molar-refractivity contribution in [1.82, 2.24) is 10.2 Å². The first kappa shape index (κ1) is 15.3. The van der Waals surface area contributed by atoms with E-state index in [0.717, 1.165) is 19.4 Å². The summed E-state index contributed by atoms with van der Waals surface area (Å²) in [5.41, 5.74) is 0. The molecule has 3 aliphatic rings. The Labute approximate surface area is 128 Å². The van der Waals surface area contributed by atoms with E-state index in [0.29, 0.717) is 17.7 Å². The highest BCUT2D eigenvalue weighted by Gasteiger charge is 2.49. The van der Waals surface area contributed by atoms with Crippen LogP contribution in [-0.2, 0) is 9.53 Å². The van der Waals surface area contributed by atoms with E-state index in [1.807, 2.05) is 0 Å². The normalized spacial score (nSPS) is 39.4. The topological polar surface area (TPSA) is 41.6 Å². The molecule has 4 nitrogen and oxygen atoms in total. The highest BCUT2D eigenvalue weighted by Crippen LogP contribution is 2.36. The molecule has 3 fully saturated rings. The number of hydrogen-bond donors (Lipinski definition) is 1. The second-order valence-electron chi connectivity index (χ2n) is 7.20. The highest BCUT2D eigenvalue weighted by molar-refractivity contribution is 5.85. The van der Waals surface area contributed by atoms with Crippen molar-refractivity contribution < 1.29 is 9.53 Å². The first-order chi connectivity index (χ1) is 10.1. The van der Waals surface area contributed by atoms with Crippen molar-refractivity contribution >= 4 is 5.91 Å². The number of ether oxygens (including phenoxy) is 1. The standard InChI is InChI=1S/C17H30N2O2/c1-4-11(2)15-17(20)19(14-9-10-21-12(14)3)16(18-15)13-7-5-6-8-13/h11-16,18H,4-10H2,1-3H3. The van der Waals surface area contributed by atoms with Crippen molar-refractivity contribution in [2.75, 3.05) is 6.61 Å². The van der Waals surface area contributed by atoms with Crippen LogP contribution in [0.3, 0.4) is 0 Å². The molecule has 2 aliphatic heterocycles. The fraction of sp³-hybridized carbons (Fsp3) is 0.941. The van der Waals surface area contributed by atoms with Gasteiger partial charge in [0.1, 0.15) is 0 Å². The van der Waals surface area contributed by atoms with Crippen molar-refractivity contribution in [3.8, 4) is 0 Å². The Morgan fingerprint density at radius 2 is 2.05 bits per heavy atom. The van der Waals surface area contributed by atoms with E-state index >= 15 is 0 Å². The fourth-order valence-electron chi connectivity index (χ4n) is 4.37. The van der Waals surface area contributed by atoms with Crippen LogP contribution < -0.4 is 5.32 Å². The van der Waals surface area contributed by atoms with Crippen LogP contribution in [0.4, 0.5) is 0 Å². The number of amides is 1. The van der Waals surface area contributed by atoms with Crippen LogP contribution in [0.5, 0.6) is 0 Å². The lowest BCUT2D eigenvalue weighted by Crippen LogP contribution is -2.50. The van der Waals surface area contributed by atoms with Crippen LogP contribution >= 0.6 is 0 Å². The zero-order valence-electron chi connectivity index (χ0n) is 13.7. The van der Waals surface area contributed by atoms with Gasteiger partial charge in [0.05, 0.1) is 24.4 Å². The maximum absolute atomic E-state index is 13.0. The van der Waals surface area contributed by atoms with E-state index < -0.39 is 0 Å². The van der Waals surface area contributed by atoms with Gasteiger partial charge >= 0.3 is 0 Å². The molecular formula is C17H30N2O2. The van der Waals surface area contributed by atoms with Gasteiger partial charge in [-0.25, -0.2) is 0 Å². The summed E-state index contributed by atoms with van der Waals surface area (Å²) >= 11 is 0. The molecule has 1 amide bonds. The fourth-order valence-corrected chi connectivity index (χ4v) is 4.37. The zero-order chi connectivity index (χ0) is 15.0. The molecule has 21 heavy (non-hydrogen) atoms. The molecule has 5 unspecified atom stereocenters. The van der Waals surface area contributed by atoms with Crippen LogP contribution in [0.25, 0.3) is 0 Å². The zero-order valence-corrected chi connectivity index (χ0v) is 13.7. The first-order valence-electron chi connectivity index (χ1n) is 8.83. The Kier molecular flexibility index (Phi) is 4.55. The first-order valence-corrected chi connectivity index (χ1v) is 8.83. The van der Waals surface area contributed by atoms with Crippen molar-refractivity contribution in [1.29, 1.82) is 0 Å². The maximum atomic E-state index is 13.0. The van der Waals surface area contributed by atoms with E-state index in [-0.39, 0.29) is 24.4 Å². The summed E-state index contributed by atoms with van der Waals surface area (Å²) in [4.78, 5) is 15.2. The minimum absolute atomic E-state index is 0.00778. The van der Waals surface area contributed by atoms with Crippen molar-refractivity contribution in [2.45, 2.75) is 83.6 Å². The summed E-state index contributed by atoms with van der Waals surface area (Å²) in [5.74, 6) is 1.36. The van der Waals surface area contributed by atoms with E-state index in [1.54, 1.807) is 0 Å². The lowest BCUT2D eigenvalue weighted by molar-refractivity contribution is -0.134. The molecule has 4 heteroatoms. The third-order valence-corrected chi connectivity index (χ3v) is 5.92. The Balaban J connectivity index is 1.82. The minimum atomic E-state index is 0.00778. The smallest absolute Gasteiger partial charge is 0.241 e. The molecule has 0 aromatic rings. The number of nitrogens with one attached hydrogen (secondary N) is 1. The molecule has 1 N–H and O–H groups in total. The van der Waals surface area contributed by atoms with Crippen molar-refractivity contribution in [2.24, 2.45) is 11.8 Å². The van der Waals surface area contributed by atoms with Gasteiger partial charge in [0.2, 0.25) is 5.91 Å². The summed E-state index contributed by atoms with van der Waals surface area (Å²) < 4.78 is 5.74. The summed E-state index contributed by atoms with van der Waals surface area (Å²) in [6, 6.07) is 0.276. The van der Waals surface area contributed by atoms with Crippen molar-refractivity contribution in [3.63, 3.8) is 0 Å². The van der Waals surface area contributed by atoms with Gasteiger partial charge in [0, 0.05) is 6.61 Å². The van der Waals surface area contributed by atoms with Gasteiger partial charge in [-0.05, 0) is 38.0 Å². The van der Waals surface area contributed by atoms with Gasteiger partial charge in [-0.2, -0.15) is 0 Å². The average Bonchev–Trinajstić information content (AvgIpc) is 3.18. The second kappa shape index (κ2) is 6.25. The van der Waals surface area contributed by atoms with E-state index in [9.17, 15) is 4.79 Å². The molecule has 5 atom stereocenters. The molecule has 3 rings (SSSR count). The number of rotatable bonds is 4. The van der Waals surface area contributed by atoms with E-state index in [2.05, 4.69) is 31.0 Å². The molecule has 0 bridgehead atoms. The van der Waals surface area contributed by atoms with Crippen LogP contribution in [0.2, 0.25) is 0 Å². The summed E-state index contributed by atoms with van der Waals surface area (Å²) in [7, 11) is 0. The Morgan fingerprint density at radius 1 is 1.33 bits per heavy atom. The number of carbonyl (C=O) groups is 1. The number of nitrogens with zero attached hydrogens (tertiary/aromatic N) is 1. The largest absolute Gasteiger partial charge is 0.376 e. The Hall–Kier alpha value is -0.610. The van der Waals surface area contributed by atoms with E-state index in [4.69, 9.17) is 4.74 Å². The van der Waals surface area contributed by atoms with Gasteiger partial charge in [-0.1, -0.05) is 33.1 Å². The quantitative estimate of drug-likeness (QED) is 0.866. The molecule has 120 valence electrons. The summed E-state index contributed by atoms with van der Waals surface area (Å²) in [5, 5.41) is 3.70. The third-order valence-electron chi connectivity index (χ3n) is 5.92. The Bertz CT molecular complexity index is 381. The molecule has 2 heterocycles. The maximum Gasteiger partial charge on any atom is 0.241 e. The molecule has 0 aromatic heterocycles. The molecule has 1 aliphatic carbocycles. The number of carbonyl (C=O) groups excluding carboxylic acids is 1. The molecule has 0 radical (unpaired) electrons. The third kappa shape index (κ3) is 2.72. The summed E-state index contributed by atoms with van der Waals surface area (Å²) in [6.07, 6.45) is 7.61. The van der Waals surface area contributed by atoms with Gasteiger partial charge in [-0.3, -0.25) is 10.1 Å². The molecule has 2 saturated heterocycles. The van der Waals surface area contributed by atoms with E-state index in [1.165, 1.54) is 25.7 Å². The SMILES string of the molecule is CCC(C)C1NC(C2CCCC2)N(C2CCOC2C)C1=O. The molecular weight excluding hydrogens is 264 g/mol. The Morgan fingerprint density at radius 3 is 2.62 bits per heavy atom. The minimum Gasteiger partial charge on any atom is -0.376 e. The van der Waals surface area contributed by atoms with Crippen molar-refractivity contribution in [3.05, 3.63) is 0 Å². The van der Waals surface area contributed by atoms with Gasteiger partial charge in [-0.15, -0.1) is 0 Å². The van der Waals surface area contributed by atoms with Crippen LogP contribution in [-0.4, -0.2) is 41.8 Å². The lowest BCUT2D eigenvalue weighted by atomic mass is 9.99. The predicted octanol–water partition coefficient (Wildman–Crippen LogP) is 2.53. The molecule has 1 saturated carbocycles. The van der Waals surface area contributed by atoms with Crippen LogP contribution in [0.15, 0.2) is 0 Å². The van der Waals surface area contributed by atoms with Gasteiger partial charge in [0.15, 0.2) is 0 Å². The predicted molar refractivity (Wildman–Crippen MR) is 82.8 cm³/mol. The monoisotopic (exact) mass is 294 g/mol. The number of hydrogen-bond acceptors (Lipinski definition) is 3. The van der Waals surface area contributed by atoms with Crippen LogP contribution in [0.1, 0.15) is 59.3 Å². The molecule has 0 spiro atoms. The van der Waals surface area contributed by atoms with Gasteiger partial charge < -0.3 is 9.64 Å². The van der Waals surface area contributed by atoms with Gasteiger partial charge in [0.25, 0.3) is 0 Å².